The highest BCUT2D eigenvalue weighted by Gasteiger charge is 2.06. The van der Waals surface area contributed by atoms with Crippen molar-refractivity contribution in [1.29, 1.82) is 0 Å². The Labute approximate surface area is 147 Å². The van der Waals surface area contributed by atoms with E-state index in [0.29, 0.717) is 5.56 Å². The molecular weight excluding hydrogens is 308 g/mol. The first kappa shape index (κ1) is 15.2. The molecule has 2 nitrogen and oxygen atoms in total. The van der Waals surface area contributed by atoms with Crippen LogP contribution in [0.1, 0.15) is 17.3 Å². The quantitative estimate of drug-likeness (QED) is 0.291. The lowest BCUT2D eigenvalue weighted by molar-refractivity contribution is 0.104. The van der Waals surface area contributed by atoms with Crippen molar-refractivity contribution in [2.24, 2.45) is 0 Å². The van der Waals surface area contributed by atoms with E-state index in [4.69, 9.17) is 0 Å². The number of carbonyl (C=O) groups is 1. The zero-order valence-electron chi connectivity index (χ0n) is 13.5. The molecule has 0 aliphatic carbocycles. The lowest BCUT2D eigenvalue weighted by atomic mass is 9.96. The molecule has 0 fully saturated rings. The Morgan fingerprint density at radius 3 is 2.32 bits per heavy atom. The molecule has 1 N–H and O–H groups in total. The van der Waals surface area contributed by atoms with Gasteiger partial charge in [-0.15, -0.1) is 0 Å². The fourth-order valence-electron chi connectivity index (χ4n) is 3.14. The molecule has 0 unspecified atom stereocenters. The van der Waals surface area contributed by atoms with E-state index in [9.17, 15) is 9.90 Å². The number of ketones is 1. The Kier molecular flexibility index (Phi) is 3.79. The molecule has 0 atom stereocenters. The predicted octanol–water partition coefficient (Wildman–Crippen LogP) is 5.84. The summed E-state index contributed by atoms with van der Waals surface area (Å²) in [4.78, 5) is 12.4. The van der Waals surface area contributed by atoms with Gasteiger partial charge in [-0.25, -0.2) is 0 Å². The van der Waals surface area contributed by atoms with Gasteiger partial charge in [0.15, 0.2) is 5.78 Å². The molecule has 0 aliphatic heterocycles. The van der Waals surface area contributed by atoms with Crippen LogP contribution in [0.25, 0.3) is 27.6 Å². The van der Waals surface area contributed by atoms with Gasteiger partial charge in [0, 0.05) is 6.99 Å². The maximum atomic E-state index is 12.4. The van der Waals surface area contributed by atoms with Crippen LogP contribution in [-0.4, -0.2) is 10.9 Å². The van der Waals surface area contributed by atoms with E-state index in [2.05, 4.69) is 30.3 Å². The van der Waals surface area contributed by atoms with Crippen LogP contribution in [-0.2, 0) is 0 Å². The third-order valence-corrected chi connectivity index (χ3v) is 4.34. The number of fused-ring (bicyclic) bond motifs is 3. The Bertz CT molecular complexity index is 1130. The van der Waals surface area contributed by atoms with Crippen LogP contribution in [0.15, 0.2) is 84.9 Å². The highest BCUT2D eigenvalue weighted by molar-refractivity contribution is 6.13. The second kappa shape index (κ2) is 6.25. The van der Waals surface area contributed by atoms with Crippen molar-refractivity contribution in [3.8, 4) is 5.75 Å². The summed E-state index contributed by atoms with van der Waals surface area (Å²) in [6, 6.07) is 25.0. The molecule has 2 heteroatoms. The number of phenols is 1. The fraction of sp³-hybridized carbons (Fsp3) is 0. The van der Waals surface area contributed by atoms with Gasteiger partial charge in [0.25, 0.3) is 0 Å². The Hall–Kier alpha value is -3.39. The van der Waals surface area contributed by atoms with Crippen LogP contribution >= 0.6 is 0 Å². The molecule has 0 amide bonds. The SMILES string of the molecule is O=C(/C=C/c1cc2ccccc2c2ccccc12)c1cccc(O)c1.[2HH]. The maximum Gasteiger partial charge on any atom is 0.185 e. The van der Waals surface area contributed by atoms with Gasteiger partial charge in [-0.05, 0) is 51.4 Å². The molecule has 0 radical (unpaired) electrons. The van der Waals surface area contributed by atoms with Crippen LogP contribution < -0.4 is 0 Å². The molecule has 25 heavy (non-hydrogen) atoms. The second-order valence-electron chi connectivity index (χ2n) is 5.98. The summed E-state index contributed by atoms with van der Waals surface area (Å²) in [6.07, 6.45) is 3.41. The molecule has 4 aromatic rings. The molecule has 0 bridgehead atoms. The van der Waals surface area contributed by atoms with Gasteiger partial charge in [-0.1, -0.05) is 66.7 Å². The van der Waals surface area contributed by atoms with E-state index >= 15 is 0 Å². The summed E-state index contributed by atoms with van der Waals surface area (Å²) in [5.74, 6) is -0.0384. The van der Waals surface area contributed by atoms with E-state index in [1.54, 1.807) is 24.3 Å². The van der Waals surface area contributed by atoms with Gasteiger partial charge < -0.3 is 5.11 Å². The fourth-order valence-corrected chi connectivity index (χ4v) is 3.14. The normalized spacial score (nSPS) is 11.4. The first-order valence-electron chi connectivity index (χ1n) is 8.14. The van der Waals surface area contributed by atoms with Crippen LogP contribution in [0, 0.1) is 0 Å². The summed E-state index contributed by atoms with van der Waals surface area (Å²) < 4.78 is 0. The van der Waals surface area contributed by atoms with Crippen molar-refractivity contribution in [2.45, 2.75) is 0 Å². The van der Waals surface area contributed by atoms with Crippen LogP contribution in [0.5, 0.6) is 5.75 Å². The van der Waals surface area contributed by atoms with Gasteiger partial charge >= 0.3 is 0 Å². The maximum absolute atomic E-state index is 12.4. The lowest BCUT2D eigenvalue weighted by Crippen LogP contribution is -1.93. The number of rotatable bonds is 3. The van der Waals surface area contributed by atoms with Crippen molar-refractivity contribution in [3.63, 3.8) is 0 Å². The third-order valence-electron chi connectivity index (χ3n) is 4.34. The number of carbonyl (C=O) groups excluding carboxylic acids is 1. The molecule has 4 rings (SSSR count). The van der Waals surface area contributed by atoms with Crippen molar-refractivity contribution in [3.05, 3.63) is 96.1 Å². The first-order chi connectivity index (χ1) is 12.2. The summed E-state index contributed by atoms with van der Waals surface area (Å²) in [7, 11) is 0. The van der Waals surface area contributed by atoms with Gasteiger partial charge in [0.05, 0.1) is 0 Å². The molecule has 122 valence electrons. The van der Waals surface area contributed by atoms with Crippen LogP contribution in [0.4, 0.5) is 0 Å². The number of hydrogen-bond acceptors (Lipinski definition) is 2. The number of aromatic hydroxyl groups is 1. The van der Waals surface area contributed by atoms with Gasteiger partial charge in [0.2, 0.25) is 0 Å². The summed E-state index contributed by atoms with van der Waals surface area (Å²) >= 11 is 0. The zero-order chi connectivity index (χ0) is 17.2. The van der Waals surface area contributed by atoms with Gasteiger partial charge in [0.1, 0.15) is 5.75 Å². The van der Waals surface area contributed by atoms with E-state index < -0.39 is 0 Å². The summed E-state index contributed by atoms with van der Waals surface area (Å²) in [5, 5.41) is 14.2. The Balaban J connectivity index is 0.00000196. The van der Waals surface area contributed by atoms with E-state index in [1.807, 2.05) is 30.3 Å². The van der Waals surface area contributed by atoms with Crippen LogP contribution in [0.3, 0.4) is 0 Å². The largest absolute Gasteiger partial charge is 0.508 e. The smallest absolute Gasteiger partial charge is 0.185 e. The minimum atomic E-state index is -0.131. The first-order valence-corrected chi connectivity index (χ1v) is 8.14. The molecular formula is C23H18O2. The average molecular weight is 327 g/mol. The second-order valence-corrected chi connectivity index (χ2v) is 5.98. The number of allylic oxidation sites excluding steroid dienone is 1. The molecule has 0 heterocycles. The van der Waals surface area contributed by atoms with E-state index in [-0.39, 0.29) is 13.0 Å². The predicted molar refractivity (Wildman–Crippen MR) is 105 cm³/mol. The van der Waals surface area contributed by atoms with E-state index in [1.165, 1.54) is 16.8 Å². The van der Waals surface area contributed by atoms with Crippen molar-refractivity contribution < 1.29 is 11.3 Å². The highest BCUT2D eigenvalue weighted by atomic mass is 16.3. The highest BCUT2D eigenvalue weighted by Crippen LogP contribution is 2.29. The molecule has 0 aliphatic rings. The van der Waals surface area contributed by atoms with Crippen molar-refractivity contribution >= 4 is 33.4 Å². The monoisotopic (exact) mass is 327 g/mol. The standard InChI is InChI=1S/C23H16O2.H2/c24-19-8-5-7-18(15-19)23(25)13-12-17-14-16-6-1-2-9-20(16)22-11-4-3-10-21(17)22;/h1-15,24H;1H/b13-12+;/i;1+1. The van der Waals surface area contributed by atoms with E-state index in [0.717, 1.165) is 16.3 Å². The van der Waals surface area contributed by atoms with Gasteiger partial charge in [-0.2, -0.15) is 0 Å². The van der Waals surface area contributed by atoms with Crippen molar-refractivity contribution in [1.82, 2.24) is 0 Å². The van der Waals surface area contributed by atoms with Gasteiger partial charge in [-0.3, -0.25) is 4.79 Å². The average Bonchev–Trinajstić information content (AvgIpc) is 2.66. The van der Waals surface area contributed by atoms with Crippen molar-refractivity contribution in [2.75, 3.05) is 0 Å². The molecule has 0 saturated carbocycles. The Morgan fingerprint density at radius 1 is 0.800 bits per heavy atom. The summed E-state index contributed by atoms with van der Waals surface area (Å²) in [5.41, 5.74) is 1.48. The molecule has 4 aromatic carbocycles. The zero-order valence-corrected chi connectivity index (χ0v) is 13.5. The Morgan fingerprint density at radius 2 is 1.52 bits per heavy atom. The molecule has 0 spiro atoms. The minimum Gasteiger partial charge on any atom is -0.508 e. The number of phenolic OH excluding ortho intramolecular Hbond substituents is 1. The number of benzene rings is 4. The minimum absolute atomic E-state index is 0. The molecule has 0 aromatic heterocycles. The van der Waals surface area contributed by atoms with Crippen LogP contribution in [0.2, 0.25) is 0 Å². The topological polar surface area (TPSA) is 37.3 Å². The lowest BCUT2D eigenvalue weighted by Gasteiger charge is -2.07. The molecule has 0 saturated heterocycles. The summed E-state index contributed by atoms with van der Waals surface area (Å²) in [6.45, 7) is 0. The number of hydrogen-bond donors (Lipinski definition) is 1. The third kappa shape index (κ3) is 2.90.